The van der Waals surface area contributed by atoms with Gasteiger partial charge in [0.1, 0.15) is 0 Å². The number of nitrogens with one attached hydrogen (secondary N) is 1. The summed E-state index contributed by atoms with van der Waals surface area (Å²) in [5.41, 5.74) is 11.5. The average Bonchev–Trinajstić information content (AvgIpc) is 3.27. The first-order valence-corrected chi connectivity index (χ1v) is 15.2. The lowest BCUT2D eigenvalue weighted by Crippen LogP contribution is -2.72. The van der Waals surface area contributed by atoms with Gasteiger partial charge in [-0.25, -0.2) is 0 Å². The summed E-state index contributed by atoms with van der Waals surface area (Å²) in [6.07, 6.45) is 7.80. The van der Waals surface area contributed by atoms with Crippen molar-refractivity contribution in [3.8, 4) is 11.1 Å². The summed E-state index contributed by atoms with van der Waals surface area (Å²) < 4.78 is 7.80. The van der Waals surface area contributed by atoms with E-state index in [9.17, 15) is 4.79 Å². The van der Waals surface area contributed by atoms with E-state index >= 15 is 0 Å². The minimum atomic E-state index is -0.0185. The molecule has 9 nitrogen and oxygen atoms in total. The molecule has 0 radical (unpaired) electrons. The van der Waals surface area contributed by atoms with Crippen LogP contribution in [-0.2, 0) is 9.53 Å². The Morgan fingerprint density at radius 3 is 2.46 bits per heavy atom. The molecule has 4 fully saturated rings. The second-order valence-electron chi connectivity index (χ2n) is 12.7. The minimum Gasteiger partial charge on any atom is -0.398 e. The van der Waals surface area contributed by atoms with Crippen LogP contribution in [0.4, 0.5) is 11.5 Å². The van der Waals surface area contributed by atoms with Crippen molar-refractivity contribution in [2.24, 2.45) is 0 Å². The van der Waals surface area contributed by atoms with Crippen LogP contribution in [0.25, 0.3) is 11.1 Å². The number of ether oxygens (including phenoxy) is 1. The topological polar surface area (TPSA) is 104 Å². The van der Waals surface area contributed by atoms with Crippen molar-refractivity contribution in [1.82, 2.24) is 19.6 Å². The number of nitrogen functional groups attached to an aromatic ring is 1. The Morgan fingerprint density at radius 2 is 1.90 bits per heavy atom. The van der Waals surface area contributed by atoms with Gasteiger partial charge in [0.2, 0.25) is 5.91 Å². The van der Waals surface area contributed by atoms with Gasteiger partial charge in [0, 0.05) is 67.0 Å². The molecular formula is C31H42ClN7O2. The van der Waals surface area contributed by atoms with Crippen LogP contribution in [0.15, 0.2) is 18.7 Å². The first-order valence-electron chi connectivity index (χ1n) is 14.8. The molecule has 3 aliphatic heterocycles. The molecule has 1 saturated carbocycles. The fourth-order valence-electron chi connectivity index (χ4n) is 7.40. The Morgan fingerprint density at radius 1 is 1.20 bits per heavy atom. The summed E-state index contributed by atoms with van der Waals surface area (Å²) in [4.78, 5) is 19.3. The van der Waals surface area contributed by atoms with Gasteiger partial charge in [0.15, 0.2) is 5.82 Å². The quantitative estimate of drug-likeness (QED) is 0.295. The summed E-state index contributed by atoms with van der Waals surface area (Å²) in [5, 5.41) is 14.3. The van der Waals surface area contributed by atoms with Crippen molar-refractivity contribution in [3.05, 3.63) is 40.6 Å². The molecule has 1 aliphatic carbocycles. The van der Waals surface area contributed by atoms with Gasteiger partial charge in [-0.15, -0.1) is 0 Å². The molecule has 1 amide bonds. The number of aromatic nitrogens is 2. The highest BCUT2D eigenvalue weighted by Crippen LogP contribution is 2.50. The number of piperidine rings is 1. The van der Waals surface area contributed by atoms with E-state index in [1.165, 1.54) is 18.7 Å². The molecule has 10 heteroatoms. The van der Waals surface area contributed by atoms with E-state index in [4.69, 9.17) is 32.6 Å². The Balaban J connectivity index is 1.46. The van der Waals surface area contributed by atoms with Crippen LogP contribution in [0, 0.1) is 19.3 Å². The van der Waals surface area contributed by atoms with Crippen LogP contribution >= 0.6 is 11.6 Å². The minimum absolute atomic E-state index is 0.00363. The number of piperazine rings is 1. The summed E-state index contributed by atoms with van der Waals surface area (Å²) in [6, 6.07) is 2.01. The van der Waals surface area contributed by atoms with Crippen LogP contribution in [0.2, 0.25) is 5.02 Å². The van der Waals surface area contributed by atoms with Crippen molar-refractivity contribution in [3.63, 3.8) is 0 Å². The van der Waals surface area contributed by atoms with Gasteiger partial charge in [-0.3, -0.25) is 14.4 Å². The van der Waals surface area contributed by atoms with E-state index in [0.29, 0.717) is 29.4 Å². The van der Waals surface area contributed by atoms with Gasteiger partial charge >= 0.3 is 0 Å². The zero-order valence-corrected chi connectivity index (χ0v) is 25.3. The number of aryl methyl sites for hydroxylation is 1. The van der Waals surface area contributed by atoms with E-state index in [1.807, 2.05) is 17.9 Å². The van der Waals surface area contributed by atoms with Gasteiger partial charge in [-0.2, -0.15) is 5.10 Å². The molecule has 2 aromatic rings. The van der Waals surface area contributed by atoms with Gasteiger partial charge in [0.25, 0.3) is 0 Å². The number of carbonyl (C=O) groups excluding carboxylic acids is 1. The number of nitrogens with zero attached hydrogens (tertiary/aromatic N) is 5. The molecule has 1 aromatic carbocycles. The number of halogens is 1. The Kier molecular flexibility index (Phi) is 7.19. The fraction of sp³-hybridized carbons (Fsp3) is 0.581. The third-order valence-corrected chi connectivity index (χ3v) is 10.6. The summed E-state index contributed by atoms with van der Waals surface area (Å²) in [7, 11) is 0. The Bertz CT molecular complexity index is 1390. The third kappa shape index (κ3) is 4.48. The van der Waals surface area contributed by atoms with Crippen LogP contribution in [0.3, 0.4) is 0 Å². The number of rotatable bonds is 6. The molecule has 220 valence electrons. The average molecular weight is 580 g/mol. The first-order chi connectivity index (χ1) is 19.6. The van der Waals surface area contributed by atoms with E-state index in [1.54, 1.807) is 0 Å². The maximum atomic E-state index is 12.3. The largest absolute Gasteiger partial charge is 0.398 e. The lowest BCUT2D eigenvalue weighted by Gasteiger charge is -2.61. The highest BCUT2D eigenvalue weighted by atomic mass is 35.5. The zero-order chi connectivity index (χ0) is 29.1. The maximum Gasteiger partial charge on any atom is 0.245 e. The number of hydrogen-bond donors (Lipinski definition) is 2. The van der Waals surface area contributed by atoms with Crippen LogP contribution in [0.1, 0.15) is 61.9 Å². The highest BCUT2D eigenvalue weighted by Gasteiger charge is 2.52. The zero-order valence-electron chi connectivity index (χ0n) is 24.5. The van der Waals surface area contributed by atoms with E-state index < -0.39 is 0 Å². The molecule has 3 N–H and O–H groups in total. The molecule has 0 unspecified atom stereocenters. The van der Waals surface area contributed by atoms with E-state index in [0.717, 1.165) is 86.7 Å². The van der Waals surface area contributed by atoms with Crippen molar-refractivity contribution < 1.29 is 9.53 Å². The van der Waals surface area contributed by atoms with Crippen molar-refractivity contribution in [2.45, 2.75) is 70.0 Å². The van der Waals surface area contributed by atoms with Crippen LogP contribution < -0.4 is 10.6 Å². The lowest BCUT2D eigenvalue weighted by atomic mass is 9.72. The molecule has 4 heterocycles. The normalized spacial score (nSPS) is 22.3. The smallest absolute Gasteiger partial charge is 0.245 e. The highest BCUT2D eigenvalue weighted by molar-refractivity contribution is 6.35. The van der Waals surface area contributed by atoms with Crippen molar-refractivity contribution in [2.75, 3.05) is 56.6 Å². The first kappa shape index (κ1) is 28.2. The summed E-state index contributed by atoms with van der Waals surface area (Å²) in [5.74, 6) is 0.923. The number of hydrogen-bond acceptors (Lipinski definition) is 7. The van der Waals surface area contributed by atoms with Crippen molar-refractivity contribution in [1.29, 1.82) is 5.41 Å². The van der Waals surface area contributed by atoms with Gasteiger partial charge in [-0.1, -0.05) is 18.2 Å². The SMILES string of the molecule is C=CC(=O)N1CCC(n2nc(N3CCN(C4(C)COC4)CC34CCC4)c(-c3c(Cl)c(C)cc(N)c3C=N)c2C)CC1. The molecule has 0 bridgehead atoms. The second-order valence-corrected chi connectivity index (χ2v) is 13.0. The summed E-state index contributed by atoms with van der Waals surface area (Å²) in [6.45, 7) is 15.8. The number of anilines is 2. The number of carbonyl (C=O) groups is 1. The number of benzene rings is 1. The molecule has 3 saturated heterocycles. The third-order valence-electron chi connectivity index (χ3n) is 10.1. The maximum absolute atomic E-state index is 12.3. The standard InChI is InChI=1S/C31H42ClN7O2/c1-5-25(40)36-11-7-22(8-12-36)39-21(3)26(27-23(16-33)24(34)15-20(2)28(27)32)29(35-39)38-14-13-37(30(4)18-41-19-30)17-31(38)9-6-10-31/h5,15-16,22,33H,1,6-14,17-19,34H2,2-4H3. The molecule has 1 spiro atoms. The Labute approximate surface area is 247 Å². The molecule has 0 atom stereocenters. The van der Waals surface area contributed by atoms with E-state index in [-0.39, 0.29) is 23.0 Å². The van der Waals surface area contributed by atoms with Gasteiger partial charge in [0.05, 0.1) is 35.4 Å². The number of amides is 1. The molecule has 1 aromatic heterocycles. The monoisotopic (exact) mass is 579 g/mol. The molecule has 4 aliphatic rings. The predicted octanol–water partition coefficient (Wildman–Crippen LogP) is 4.58. The van der Waals surface area contributed by atoms with Crippen molar-refractivity contribution >= 4 is 35.2 Å². The Hall–Kier alpha value is -2.88. The second kappa shape index (κ2) is 10.4. The van der Waals surface area contributed by atoms with Crippen LogP contribution in [-0.4, -0.2) is 88.7 Å². The van der Waals surface area contributed by atoms with E-state index in [2.05, 4.69) is 34.9 Å². The predicted molar refractivity (Wildman–Crippen MR) is 164 cm³/mol. The lowest BCUT2D eigenvalue weighted by molar-refractivity contribution is -0.143. The fourth-order valence-corrected chi connectivity index (χ4v) is 7.65. The van der Waals surface area contributed by atoms with Gasteiger partial charge in [-0.05, 0) is 70.6 Å². The number of likely N-dealkylation sites (tertiary alicyclic amines) is 1. The molecule has 41 heavy (non-hydrogen) atoms. The molecular weight excluding hydrogens is 538 g/mol. The van der Waals surface area contributed by atoms with Crippen LogP contribution in [0.5, 0.6) is 0 Å². The van der Waals surface area contributed by atoms with Gasteiger partial charge < -0.3 is 25.7 Å². The number of nitrogens with two attached hydrogens (primary N) is 1. The summed E-state index contributed by atoms with van der Waals surface area (Å²) >= 11 is 7.07. The molecule has 6 rings (SSSR count).